The smallest absolute Gasteiger partial charge is 0.222 e. The van der Waals surface area contributed by atoms with E-state index in [-0.39, 0.29) is 0 Å². The molecule has 0 fully saturated rings. The van der Waals surface area contributed by atoms with E-state index < -0.39 is 0 Å². The number of rotatable bonds is 5. The lowest BCUT2D eigenvalue weighted by Crippen LogP contribution is -2.21. The molecule has 21 heavy (non-hydrogen) atoms. The van der Waals surface area contributed by atoms with Crippen molar-refractivity contribution in [2.75, 3.05) is 0 Å². The summed E-state index contributed by atoms with van der Waals surface area (Å²) in [6.45, 7) is 6.96. The third-order valence-electron chi connectivity index (χ3n) is 2.90. The van der Waals surface area contributed by atoms with Gasteiger partial charge in [0.1, 0.15) is 5.75 Å². The van der Waals surface area contributed by atoms with Crippen LogP contribution in [0.1, 0.15) is 25.0 Å². The summed E-state index contributed by atoms with van der Waals surface area (Å²) >= 11 is 12.0. The fraction of sp³-hybridized carbons (Fsp3) is 0.312. The second-order valence-electron chi connectivity index (χ2n) is 5.18. The van der Waals surface area contributed by atoms with Crippen LogP contribution in [0.3, 0.4) is 0 Å². The second-order valence-corrected chi connectivity index (χ2v) is 6.02. The van der Waals surface area contributed by atoms with E-state index in [1.165, 1.54) is 0 Å². The van der Waals surface area contributed by atoms with Crippen molar-refractivity contribution in [2.45, 2.75) is 33.4 Å². The average Bonchev–Trinajstić information content (AvgIpc) is 2.43. The van der Waals surface area contributed by atoms with Crippen molar-refractivity contribution in [2.24, 2.45) is 0 Å². The first-order valence-corrected chi connectivity index (χ1v) is 7.53. The molecule has 2 aromatic rings. The number of aryl methyl sites for hydroxylation is 1. The first-order valence-electron chi connectivity index (χ1n) is 6.77. The van der Waals surface area contributed by atoms with Gasteiger partial charge in [0.05, 0.1) is 5.02 Å². The van der Waals surface area contributed by atoms with Crippen LogP contribution >= 0.6 is 23.2 Å². The molecule has 0 aliphatic rings. The normalized spacial score (nSPS) is 11.0. The van der Waals surface area contributed by atoms with Crippen LogP contribution in [-0.2, 0) is 6.54 Å². The molecule has 0 aliphatic carbocycles. The highest BCUT2D eigenvalue weighted by Gasteiger charge is 2.08. The lowest BCUT2D eigenvalue weighted by molar-refractivity contribution is 0.458. The maximum absolute atomic E-state index is 6.09. The van der Waals surface area contributed by atoms with Gasteiger partial charge in [0.15, 0.2) is 0 Å². The van der Waals surface area contributed by atoms with E-state index in [0.29, 0.717) is 27.7 Å². The van der Waals surface area contributed by atoms with Crippen molar-refractivity contribution in [3.8, 4) is 11.6 Å². The van der Waals surface area contributed by atoms with Gasteiger partial charge in [-0.15, -0.1) is 0 Å². The number of halogens is 2. The SMILES string of the molecule is Cc1cc(CNC(C)C)cnc1Oc1cc(Cl)ccc1Cl. The van der Waals surface area contributed by atoms with Crippen LogP contribution in [-0.4, -0.2) is 11.0 Å². The van der Waals surface area contributed by atoms with Crippen LogP contribution in [0.2, 0.25) is 10.0 Å². The predicted octanol–water partition coefficient (Wildman–Crippen LogP) is 4.99. The number of pyridine rings is 1. The van der Waals surface area contributed by atoms with E-state index in [1.807, 2.05) is 6.92 Å². The summed E-state index contributed by atoms with van der Waals surface area (Å²) < 4.78 is 5.75. The maximum Gasteiger partial charge on any atom is 0.222 e. The molecule has 0 saturated carbocycles. The zero-order valence-electron chi connectivity index (χ0n) is 12.3. The fourth-order valence-electron chi connectivity index (χ4n) is 1.81. The van der Waals surface area contributed by atoms with Crippen molar-refractivity contribution in [1.29, 1.82) is 0 Å². The van der Waals surface area contributed by atoms with Crippen molar-refractivity contribution < 1.29 is 4.74 Å². The van der Waals surface area contributed by atoms with E-state index in [9.17, 15) is 0 Å². The van der Waals surface area contributed by atoms with Gasteiger partial charge in [0.2, 0.25) is 5.88 Å². The molecule has 0 aliphatic heterocycles. The Hall–Kier alpha value is -1.29. The molecule has 0 atom stereocenters. The van der Waals surface area contributed by atoms with Gasteiger partial charge in [-0.3, -0.25) is 0 Å². The van der Waals surface area contributed by atoms with Gasteiger partial charge >= 0.3 is 0 Å². The van der Waals surface area contributed by atoms with Crippen LogP contribution < -0.4 is 10.1 Å². The summed E-state index contributed by atoms with van der Waals surface area (Å²) in [5.41, 5.74) is 2.07. The molecule has 0 spiro atoms. The topological polar surface area (TPSA) is 34.2 Å². The molecule has 5 heteroatoms. The number of hydrogen-bond acceptors (Lipinski definition) is 3. The quantitative estimate of drug-likeness (QED) is 0.841. The Morgan fingerprint density at radius 3 is 2.67 bits per heavy atom. The van der Waals surface area contributed by atoms with Crippen LogP contribution in [0, 0.1) is 6.92 Å². The van der Waals surface area contributed by atoms with Gasteiger partial charge in [-0.1, -0.05) is 37.0 Å². The zero-order valence-corrected chi connectivity index (χ0v) is 13.8. The van der Waals surface area contributed by atoms with Crippen LogP contribution in [0.25, 0.3) is 0 Å². The number of nitrogens with zero attached hydrogens (tertiary/aromatic N) is 1. The summed E-state index contributed by atoms with van der Waals surface area (Å²) in [5.74, 6) is 1.04. The van der Waals surface area contributed by atoms with E-state index >= 15 is 0 Å². The molecule has 0 saturated heterocycles. The maximum atomic E-state index is 6.09. The minimum absolute atomic E-state index is 0.437. The lowest BCUT2D eigenvalue weighted by Gasteiger charge is -2.12. The van der Waals surface area contributed by atoms with Crippen molar-refractivity contribution in [1.82, 2.24) is 10.3 Å². The van der Waals surface area contributed by atoms with Gasteiger partial charge in [0, 0.05) is 35.4 Å². The van der Waals surface area contributed by atoms with E-state index in [4.69, 9.17) is 27.9 Å². The highest BCUT2D eigenvalue weighted by atomic mass is 35.5. The van der Waals surface area contributed by atoms with Gasteiger partial charge < -0.3 is 10.1 Å². The van der Waals surface area contributed by atoms with Gasteiger partial charge in [-0.2, -0.15) is 0 Å². The standard InChI is InChI=1S/C16H18Cl2N2O/c1-10(2)19-8-12-6-11(3)16(20-9-12)21-15-7-13(17)4-5-14(15)18/h4-7,9-10,19H,8H2,1-3H3. The summed E-state index contributed by atoms with van der Waals surface area (Å²) in [6.07, 6.45) is 1.80. The average molecular weight is 325 g/mol. The lowest BCUT2D eigenvalue weighted by atomic mass is 10.2. The molecule has 1 aromatic heterocycles. The van der Waals surface area contributed by atoms with Gasteiger partial charge in [0.25, 0.3) is 0 Å². The highest BCUT2D eigenvalue weighted by Crippen LogP contribution is 2.32. The Bertz CT molecular complexity index is 630. The van der Waals surface area contributed by atoms with Gasteiger partial charge in [-0.25, -0.2) is 4.98 Å². The fourth-order valence-corrected chi connectivity index (χ4v) is 2.12. The molecule has 0 unspecified atom stereocenters. The number of aromatic nitrogens is 1. The van der Waals surface area contributed by atoms with Crippen LogP contribution in [0.4, 0.5) is 0 Å². The Morgan fingerprint density at radius 1 is 1.24 bits per heavy atom. The molecule has 2 rings (SSSR count). The Labute approximate surface area is 135 Å². The van der Waals surface area contributed by atoms with Crippen LogP contribution in [0.15, 0.2) is 30.5 Å². The minimum atomic E-state index is 0.437. The first kappa shape index (κ1) is 16.1. The molecule has 1 N–H and O–H groups in total. The summed E-state index contributed by atoms with van der Waals surface area (Å²) in [6, 6.07) is 7.59. The number of ether oxygens (including phenoxy) is 1. The molecular weight excluding hydrogens is 307 g/mol. The highest BCUT2D eigenvalue weighted by molar-refractivity contribution is 6.34. The first-order chi connectivity index (χ1) is 9.95. The molecule has 3 nitrogen and oxygen atoms in total. The Morgan fingerprint density at radius 2 is 2.00 bits per heavy atom. The third-order valence-corrected chi connectivity index (χ3v) is 3.45. The van der Waals surface area contributed by atoms with Crippen molar-refractivity contribution in [3.05, 3.63) is 51.6 Å². The summed E-state index contributed by atoms with van der Waals surface area (Å²) in [5, 5.41) is 4.43. The van der Waals surface area contributed by atoms with Crippen molar-refractivity contribution in [3.63, 3.8) is 0 Å². The van der Waals surface area contributed by atoms with E-state index in [2.05, 4.69) is 30.2 Å². The van der Waals surface area contributed by atoms with Gasteiger partial charge in [-0.05, 0) is 30.7 Å². The molecule has 112 valence electrons. The Kier molecular flexibility index (Phi) is 5.45. The molecule has 1 heterocycles. The molecule has 0 amide bonds. The zero-order chi connectivity index (χ0) is 15.4. The summed E-state index contributed by atoms with van der Waals surface area (Å²) in [7, 11) is 0. The molecule has 1 aromatic carbocycles. The number of hydrogen-bond donors (Lipinski definition) is 1. The van der Waals surface area contributed by atoms with E-state index in [0.717, 1.165) is 17.7 Å². The van der Waals surface area contributed by atoms with Crippen molar-refractivity contribution >= 4 is 23.2 Å². The predicted molar refractivity (Wildman–Crippen MR) is 87.5 cm³/mol. The Balaban J connectivity index is 2.15. The second kappa shape index (κ2) is 7.12. The van der Waals surface area contributed by atoms with E-state index in [1.54, 1.807) is 24.4 Å². The number of nitrogens with one attached hydrogen (secondary N) is 1. The number of benzene rings is 1. The molecule has 0 bridgehead atoms. The molecular formula is C16H18Cl2N2O. The monoisotopic (exact) mass is 324 g/mol. The third kappa shape index (κ3) is 4.60. The van der Waals surface area contributed by atoms with Crippen LogP contribution in [0.5, 0.6) is 11.6 Å². The molecule has 0 radical (unpaired) electrons. The summed E-state index contributed by atoms with van der Waals surface area (Å²) in [4.78, 5) is 4.36. The largest absolute Gasteiger partial charge is 0.437 e. The minimum Gasteiger partial charge on any atom is -0.437 e.